The second-order valence-electron chi connectivity index (χ2n) is 4.03. The number of halogens is 1. The molecule has 2 rings (SSSR count). The van der Waals surface area contributed by atoms with Crippen molar-refractivity contribution in [3.8, 4) is 0 Å². The maximum atomic E-state index is 5.81. The van der Waals surface area contributed by atoms with Crippen molar-refractivity contribution in [2.75, 3.05) is 25.1 Å². The maximum absolute atomic E-state index is 5.81. The number of nitrogens with zero attached hydrogens (tertiary/aromatic N) is 1. The molecule has 18 heavy (non-hydrogen) atoms. The fourth-order valence-corrected chi connectivity index (χ4v) is 1.74. The highest BCUT2D eigenvalue weighted by molar-refractivity contribution is 6.30. The molecule has 4 N–H and O–H groups in total. The van der Waals surface area contributed by atoms with E-state index in [0.29, 0.717) is 6.67 Å². The molecule has 0 spiro atoms. The molecule has 0 saturated carbocycles. The van der Waals surface area contributed by atoms with Gasteiger partial charge in [0.2, 0.25) is 5.96 Å². The Morgan fingerprint density at radius 3 is 2.89 bits per heavy atom. The Bertz CT molecular complexity index is 390. The lowest BCUT2D eigenvalue weighted by Crippen LogP contribution is -2.47. The van der Waals surface area contributed by atoms with Crippen LogP contribution in [-0.4, -0.2) is 25.7 Å². The van der Waals surface area contributed by atoms with E-state index in [1.807, 2.05) is 24.3 Å². The molecule has 0 aromatic heterocycles. The Hall–Kier alpha value is -1.46. The van der Waals surface area contributed by atoms with Crippen LogP contribution in [0.2, 0.25) is 5.02 Å². The summed E-state index contributed by atoms with van der Waals surface area (Å²) in [5, 5.41) is 7.17. The minimum absolute atomic E-state index is 0.600. The van der Waals surface area contributed by atoms with Gasteiger partial charge in [-0.3, -0.25) is 10.4 Å². The van der Waals surface area contributed by atoms with Crippen LogP contribution in [0.5, 0.6) is 0 Å². The SMILES string of the molecule is Clc1ccc(NCNNC2=NCCCCN2)cc1. The van der Waals surface area contributed by atoms with Crippen LogP contribution in [-0.2, 0) is 0 Å². The van der Waals surface area contributed by atoms with Gasteiger partial charge in [-0.05, 0) is 37.1 Å². The molecule has 1 heterocycles. The Labute approximate surface area is 112 Å². The molecule has 0 bridgehead atoms. The molecule has 0 amide bonds. The summed E-state index contributed by atoms with van der Waals surface area (Å²) in [4.78, 5) is 4.37. The Morgan fingerprint density at radius 1 is 1.22 bits per heavy atom. The summed E-state index contributed by atoms with van der Waals surface area (Å²) in [6, 6.07) is 7.58. The van der Waals surface area contributed by atoms with Crippen LogP contribution in [0.3, 0.4) is 0 Å². The smallest absolute Gasteiger partial charge is 0.205 e. The third-order valence-electron chi connectivity index (χ3n) is 2.58. The van der Waals surface area contributed by atoms with Crippen molar-refractivity contribution in [2.45, 2.75) is 12.8 Å². The summed E-state index contributed by atoms with van der Waals surface area (Å²) in [5.74, 6) is 0.811. The van der Waals surface area contributed by atoms with E-state index in [2.05, 4.69) is 26.5 Å². The zero-order valence-electron chi connectivity index (χ0n) is 10.2. The van der Waals surface area contributed by atoms with Gasteiger partial charge in [0.1, 0.15) is 0 Å². The molecule has 0 aliphatic carbocycles. The Balaban J connectivity index is 1.66. The number of hydrogen-bond donors (Lipinski definition) is 4. The Morgan fingerprint density at radius 2 is 2.06 bits per heavy atom. The van der Waals surface area contributed by atoms with Crippen molar-refractivity contribution < 1.29 is 0 Å². The van der Waals surface area contributed by atoms with Gasteiger partial charge in [-0.1, -0.05) is 11.6 Å². The average Bonchev–Trinajstić information content (AvgIpc) is 2.65. The monoisotopic (exact) mass is 267 g/mol. The van der Waals surface area contributed by atoms with Crippen LogP contribution in [0.4, 0.5) is 5.69 Å². The molecule has 1 aromatic carbocycles. The van der Waals surface area contributed by atoms with Gasteiger partial charge >= 0.3 is 0 Å². The Kier molecular flexibility index (Phi) is 5.11. The molecular weight excluding hydrogens is 250 g/mol. The van der Waals surface area contributed by atoms with Crippen molar-refractivity contribution in [1.29, 1.82) is 0 Å². The van der Waals surface area contributed by atoms with Gasteiger partial charge in [-0.25, -0.2) is 5.43 Å². The molecule has 5 nitrogen and oxygen atoms in total. The summed E-state index contributed by atoms with van der Waals surface area (Å²) in [5.41, 5.74) is 7.12. The maximum Gasteiger partial charge on any atom is 0.205 e. The summed E-state index contributed by atoms with van der Waals surface area (Å²) in [6.45, 7) is 2.45. The molecule has 1 aliphatic heterocycles. The summed E-state index contributed by atoms with van der Waals surface area (Å²) in [7, 11) is 0. The minimum atomic E-state index is 0.600. The number of guanidine groups is 1. The van der Waals surface area contributed by atoms with Crippen LogP contribution in [0.15, 0.2) is 29.3 Å². The van der Waals surface area contributed by atoms with Crippen LogP contribution >= 0.6 is 11.6 Å². The first-order chi connectivity index (χ1) is 8.84. The van der Waals surface area contributed by atoms with E-state index < -0.39 is 0 Å². The van der Waals surface area contributed by atoms with Crippen molar-refractivity contribution in [3.05, 3.63) is 29.3 Å². The summed E-state index contributed by atoms with van der Waals surface area (Å²) >= 11 is 5.81. The van der Waals surface area contributed by atoms with Crippen molar-refractivity contribution in [1.82, 2.24) is 16.2 Å². The fraction of sp³-hybridized carbons (Fsp3) is 0.417. The second kappa shape index (κ2) is 7.08. The molecule has 0 fully saturated rings. The third-order valence-corrected chi connectivity index (χ3v) is 2.83. The second-order valence-corrected chi connectivity index (χ2v) is 4.46. The number of aliphatic imine (C=N–C) groups is 1. The zero-order valence-corrected chi connectivity index (χ0v) is 10.9. The number of rotatable bonds is 4. The molecule has 6 heteroatoms. The fourth-order valence-electron chi connectivity index (χ4n) is 1.62. The van der Waals surface area contributed by atoms with E-state index >= 15 is 0 Å². The van der Waals surface area contributed by atoms with Crippen molar-refractivity contribution in [2.24, 2.45) is 4.99 Å². The minimum Gasteiger partial charge on any atom is -0.371 e. The molecule has 1 aliphatic rings. The number of anilines is 1. The highest BCUT2D eigenvalue weighted by Gasteiger charge is 2.00. The van der Waals surface area contributed by atoms with Gasteiger partial charge in [0.25, 0.3) is 0 Å². The number of hydrazine groups is 1. The molecule has 98 valence electrons. The predicted octanol–water partition coefficient (Wildman–Crippen LogP) is 1.54. The molecule has 0 atom stereocenters. The summed E-state index contributed by atoms with van der Waals surface area (Å²) < 4.78 is 0. The van der Waals surface area contributed by atoms with Gasteiger partial charge in [0.05, 0.1) is 6.67 Å². The number of nitrogens with one attached hydrogen (secondary N) is 4. The molecule has 0 unspecified atom stereocenters. The van der Waals surface area contributed by atoms with Crippen molar-refractivity contribution in [3.63, 3.8) is 0 Å². The van der Waals surface area contributed by atoms with E-state index in [4.69, 9.17) is 11.6 Å². The molecule has 0 saturated heterocycles. The van der Waals surface area contributed by atoms with Crippen LogP contribution in [0.1, 0.15) is 12.8 Å². The summed E-state index contributed by atoms with van der Waals surface area (Å²) in [6.07, 6.45) is 2.30. The van der Waals surface area contributed by atoms with Gasteiger partial charge in [0.15, 0.2) is 0 Å². The van der Waals surface area contributed by atoms with Crippen LogP contribution in [0.25, 0.3) is 0 Å². The van der Waals surface area contributed by atoms with Gasteiger partial charge in [-0.2, -0.15) is 0 Å². The van der Waals surface area contributed by atoms with Gasteiger partial charge in [-0.15, -0.1) is 0 Å². The van der Waals surface area contributed by atoms with Crippen molar-refractivity contribution >= 4 is 23.2 Å². The lowest BCUT2D eigenvalue weighted by molar-refractivity contribution is 0.666. The normalized spacial score (nSPS) is 15.3. The molecular formula is C12H18ClN5. The number of hydrogen-bond acceptors (Lipinski definition) is 5. The van der Waals surface area contributed by atoms with E-state index in [1.54, 1.807) is 0 Å². The highest BCUT2D eigenvalue weighted by atomic mass is 35.5. The highest BCUT2D eigenvalue weighted by Crippen LogP contribution is 2.12. The standard InChI is InChI=1S/C12H18ClN5/c13-10-3-5-11(6-4-10)16-9-17-18-12-14-7-1-2-8-15-12/h3-6,16-17H,1-2,7-9H2,(H2,14,15,18). The lowest BCUT2D eigenvalue weighted by Gasteiger charge is -2.12. The quantitative estimate of drug-likeness (QED) is 0.380. The van der Waals surface area contributed by atoms with Gasteiger partial charge < -0.3 is 10.6 Å². The first-order valence-electron chi connectivity index (χ1n) is 6.11. The first-order valence-corrected chi connectivity index (χ1v) is 6.49. The van der Waals surface area contributed by atoms with E-state index in [0.717, 1.165) is 42.6 Å². The zero-order chi connectivity index (χ0) is 12.6. The van der Waals surface area contributed by atoms with E-state index in [1.165, 1.54) is 0 Å². The predicted molar refractivity (Wildman–Crippen MR) is 75.8 cm³/mol. The van der Waals surface area contributed by atoms with E-state index in [-0.39, 0.29) is 0 Å². The lowest BCUT2D eigenvalue weighted by atomic mass is 10.3. The first kappa shape index (κ1) is 13.0. The van der Waals surface area contributed by atoms with Crippen LogP contribution in [0, 0.1) is 0 Å². The largest absolute Gasteiger partial charge is 0.371 e. The topological polar surface area (TPSA) is 60.5 Å². The van der Waals surface area contributed by atoms with Gasteiger partial charge in [0, 0.05) is 23.8 Å². The molecule has 1 aromatic rings. The van der Waals surface area contributed by atoms with E-state index in [9.17, 15) is 0 Å². The van der Waals surface area contributed by atoms with Crippen LogP contribution < -0.4 is 21.5 Å². The third kappa shape index (κ3) is 4.43. The number of benzene rings is 1. The average molecular weight is 268 g/mol. The molecule has 0 radical (unpaired) electrons.